The number of nitrogens with two attached hydrogens (primary N) is 2. The summed E-state index contributed by atoms with van der Waals surface area (Å²) in [5, 5.41) is 18.8. The van der Waals surface area contributed by atoms with E-state index in [1.807, 2.05) is 0 Å². The third-order valence-electron chi connectivity index (χ3n) is 3.73. The molecule has 1 aliphatic rings. The summed E-state index contributed by atoms with van der Waals surface area (Å²) in [7, 11) is -4.03. The highest BCUT2D eigenvalue weighted by molar-refractivity contribution is 7.89. The van der Waals surface area contributed by atoms with Crippen LogP contribution in [0.1, 0.15) is 12.8 Å². The van der Waals surface area contributed by atoms with Crippen LogP contribution in [0, 0.1) is 10.1 Å². The summed E-state index contributed by atoms with van der Waals surface area (Å²) in [6, 6.07) is 3.31. The number of benzene rings is 1. The molecule has 0 radical (unpaired) electrons. The van der Waals surface area contributed by atoms with Gasteiger partial charge in [-0.05, 0) is 18.6 Å². The quantitative estimate of drug-likeness (QED) is 0.461. The summed E-state index contributed by atoms with van der Waals surface area (Å²) in [4.78, 5) is 23.7. The standard InChI is InChI=1S/C13H19N5O5S/c14-9-4-6-17(8-9)13(19)3-5-16-11-2-1-10(24(15,22)23)7-12(11)18(20)21/h1-2,7,9,16H,3-6,8,14H2,(H2,15,22,23)/t9-/m1/s1. The second-order valence-electron chi connectivity index (χ2n) is 5.55. The van der Waals surface area contributed by atoms with Crippen LogP contribution >= 0.6 is 0 Å². The summed E-state index contributed by atoms with van der Waals surface area (Å²) in [5.74, 6) is -0.0840. The molecule has 2 rings (SSSR count). The van der Waals surface area contributed by atoms with Gasteiger partial charge in [0.05, 0.1) is 9.82 Å². The molecule has 0 unspecified atom stereocenters. The highest BCUT2D eigenvalue weighted by Gasteiger charge is 2.23. The van der Waals surface area contributed by atoms with Crippen LogP contribution in [0.15, 0.2) is 23.1 Å². The average Bonchev–Trinajstić information content (AvgIpc) is 2.92. The fourth-order valence-electron chi connectivity index (χ4n) is 2.47. The van der Waals surface area contributed by atoms with Gasteiger partial charge in [0.25, 0.3) is 5.69 Å². The molecule has 0 saturated carbocycles. The van der Waals surface area contributed by atoms with Crippen LogP contribution in [-0.2, 0) is 14.8 Å². The number of hydrogen-bond acceptors (Lipinski definition) is 7. The highest BCUT2D eigenvalue weighted by Crippen LogP contribution is 2.27. The number of nitro benzene ring substituents is 1. The maximum atomic E-state index is 12.0. The number of anilines is 1. The van der Waals surface area contributed by atoms with E-state index in [9.17, 15) is 23.3 Å². The Labute approximate surface area is 139 Å². The first-order valence-corrected chi connectivity index (χ1v) is 8.81. The van der Waals surface area contributed by atoms with Crippen LogP contribution in [0.3, 0.4) is 0 Å². The van der Waals surface area contributed by atoms with Gasteiger partial charge < -0.3 is 16.0 Å². The van der Waals surface area contributed by atoms with Crippen LogP contribution in [-0.4, -0.2) is 49.8 Å². The van der Waals surface area contributed by atoms with Gasteiger partial charge in [-0.3, -0.25) is 14.9 Å². The zero-order valence-corrected chi connectivity index (χ0v) is 13.7. The first-order valence-electron chi connectivity index (χ1n) is 7.27. The average molecular weight is 357 g/mol. The molecule has 1 saturated heterocycles. The van der Waals surface area contributed by atoms with E-state index in [0.717, 1.165) is 12.5 Å². The highest BCUT2D eigenvalue weighted by atomic mass is 32.2. The zero-order chi connectivity index (χ0) is 17.9. The molecule has 1 aromatic carbocycles. The predicted octanol–water partition coefficient (Wildman–Crippen LogP) is -0.396. The van der Waals surface area contributed by atoms with Gasteiger partial charge in [-0.15, -0.1) is 0 Å². The normalized spacial score (nSPS) is 17.8. The molecule has 0 bridgehead atoms. The maximum Gasteiger partial charge on any atom is 0.293 e. The molecule has 10 nitrogen and oxygen atoms in total. The minimum absolute atomic E-state index is 0.00578. The van der Waals surface area contributed by atoms with Gasteiger partial charge in [-0.2, -0.15) is 0 Å². The Morgan fingerprint density at radius 2 is 2.17 bits per heavy atom. The lowest BCUT2D eigenvalue weighted by atomic mass is 10.2. The number of sulfonamides is 1. The molecule has 1 atom stereocenters. The van der Waals surface area contributed by atoms with Crippen LogP contribution in [0.5, 0.6) is 0 Å². The molecule has 1 fully saturated rings. The molecule has 0 aliphatic carbocycles. The van der Waals surface area contributed by atoms with Crippen LogP contribution < -0.4 is 16.2 Å². The number of nitrogens with one attached hydrogen (secondary N) is 1. The van der Waals surface area contributed by atoms with E-state index in [4.69, 9.17) is 10.9 Å². The Hall–Kier alpha value is -2.24. The van der Waals surface area contributed by atoms with E-state index in [2.05, 4.69) is 5.32 Å². The Bertz CT molecular complexity index is 751. The van der Waals surface area contributed by atoms with Gasteiger partial charge in [0.15, 0.2) is 0 Å². The summed E-state index contributed by atoms with van der Waals surface area (Å²) in [5.41, 5.74) is 5.45. The molecule has 1 aliphatic heterocycles. The van der Waals surface area contributed by atoms with E-state index >= 15 is 0 Å². The summed E-state index contributed by atoms with van der Waals surface area (Å²) in [6.07, 6.45) is 0.917. The number of primary sulfonamides is 1. The number of hydrogen-bond donors (Lipinski definition) is 3. The Morgan fingerprint density at radius 1 is 1.46 bits per heavy atom. The van der Waals surface area contributed by atoms with Crippen molar-refractivity contribution in [2.24, 2.45) is 10.9 Å². The lowest BCUT2D eigenvalue weighted by molar-refractivity contribution is -0.384. The fraction of sp³-hybridized carbons (Fsp3) is 0.462. The topological polar surface area (TPSA) is 162 Å². The van der Waals surface area contributed by atoms with Crippen LogP contribution in [0.2, 0.25) is 0 Å². The van der Waals surface area contributed by atoms with Crippen molar-refractivity contribution in [1.29, 1.82) is 0 Å². The second kappa shape index (κ2) is 7.11. The third kappa shape index (κ3) is 4.40. The largest absolute Gasteiger partial charge is 0.379 e. The minimum atomic E-state index is -4.03. The number of nitro groups is 1. The van der Waals surface area contributed by atoms with Crippen molar-refractivity contribution < 1.29 is 18.1 Å². The molecule has 5 N–H and O–H groups in total. The molecule has 11 heteroatoms. The summed E-state index contributed by atoms with van der Waals surface area (Å²) < 4.78 is 22.5. The third-order valence-corrected chi connectivity index (χ3v) is 4.64. The zero-order valence-electron chi connectivity index (χ0n) is 12.8. The van der Waals surface area contributed by atoms with Gasteiger partial charge in [-0.1, -0.05) is 0 Å². The van der Waals surface area contributed by atoms with Crippen molar-refractivity contribution >= 4 is 27.3 Å². The number of amides is 1. The van der Waals surface area contributed by atoms with E-state index in [-0.39, 0.29) is 35.5 Å². The van der Waals surface area contributed by atoms with E-state index < -0.39 is 20.6 Å². The number of carbonyl (C=O) groups excluding carboxylic acids is 1. The monoisotopic (exact) mass is 357 g/mol. The van der Waals surface area contributed by atoms with Crippen molar-refractivity contribution in [3.05, 3.63) is 28.3 Å². The Kier molecular flexibility index (Phi) is 5.36. The van der Waals surface area contributed by atoms with Gasteiger partial charge >= 0.3 is 0 Å². The van der Waals surface area contributed by atoms with Crippen molar-refractivity contribution in [2.45, 2.75) is 23.8 Å². The lowest BCUT2D eigenvalue weighted by Gasteiger charge is -2.16. The predicted molar refractivity (Wildman–Crippen MR) is 86.7 cm³/mol. The molecule has 132 valence electrons. The maximum absolute atomic E-state index is 12.0. The summed E-state index contributed by atoms with van der Waals surface area (Å²) >= 11 is 0. The number of nitrogens with zero attached hydrogens (tertiary/aromatic N) is 2. The number of rotatable bonds is 6. The van der Waals surface area contributed by atoms with Gasteiger partial charge in [0, 0.05) is 38.2 Å². The molecule has 24 heavy (non-hydrogen) atoms. The van der Waals surface area contributed by atoms with E-state index in [1.54, 1.807) is 4.90 Å². The van der Waals surface area contributed by atoms with Gasteiger partial charge in [0.1, 0.15) is 5.69 Å². The second-order valence-corrected chi connectivity index (χ2v) is 7.11. The molecule has 0 spiro atoms. The van der Waals surface area contributed by atoms with Gasteiger partial charge in [-0.25, -0.2) is 13.6 Å². The van der Waals surface area contributed by atoms with Crippen LogP contribution in [0.4, 0.5) is 11.4 Å². The smallest absolute Gasteiger partial charge is 0.293 e. The molecule has 0 aromatic heterocycles. The molecular weight excluding hydrogens is 338 g/mol. The Morgan fingerprint density at radius 3 is 2.71 bits per heavy atom. The minimum Gasteiger partial charge on any atom is -0.379 e. The first-order chi connectivity index (χ1) is 11.2. The molecule has 1 aromatic rings. The van der Waals surface area contributed by atoms with E-state index in [0.29, 0.717) is 13.1 Å². The molecule has 1 heterocycles. The molecule has 1 amide bonds. The van der Waals surface area contributed by atoms with Crippen molar-refractivity contribution in [3.63, 3.8) is 0 Å². The Balaban J connectivity index is 2.02. The SMILES string of the molecule is N[C@@H]1CCN(C(=O)CCNc2ccc(S(N)(=O)=O)cc2[N+](=O)[O-])C1. The van der Waals surface area contributed by atoms with Crippen molar-refractivity contribution in [1.82, 2.24) is 4.90 Å². The van der Waals surface area contributed by atoms with Gasteiger partial charge in [0.2, 0.25) is 15.9 Å². The summed E-state index contributed by atoms with van der Waals surface area (Å²) in [6.45, 7) is 1.31. The van der Waals surface area contributed by atoms with Crippen molar-refractivity contribution in [2.75, 3.05) is 25.0 Å². The lowest BCUT2D eigenvalue weighted by Crippen LogP contribution is -2.32. The number of likely N-dealkylation sites (tertiary alicyclic amines) is 1. The fourth-order valence-corrected chi connectivity index (χ4v) is 3.00. The van der Waals surface area contributed by atoms with Crippen molar-refractivity contribution in [3.8, 4) is 0 Å². The first kappa shape index (κ1) is 18.1. The van der Waals surface area contributed by atoms with E-state index in [1.165, 1.54) is 12.1 Å². The molecular formula is C13H19N5O5S. The number of carbonyl (C=O) groups is 1. The van der Waals surface area contributed by atoms with Crippen LogP contribution in [0.25, 0.3) is 0 Å².